The molecule has 0 aliphatic rings. The predicted molar refractivity (Wildman–Crippen MR) is 88.4 cm³/mol. The van der Waals surface area contributed by atoms with Crippen molar-refractivity contribution in [3.8, 4) is 0 Å². The van der Waals surface area contributed by atoms with Gasteiger partial charge in [0.15, 0.2) is 0 Å². The van der Waals surface area contributed by atoms with Crippen molar-refractivity contribution < 1.29 is 0 Å². The van der Waals surface area contributed by atoms with Gasteiger partial charge in [-0.05, 0) is 53.4 Å². The summed E-state index contributed by atoms with van der Waals surface area (Å²) in [5.74, 6) is 5.80. The van der Waals surface area contributed by atoms with Crippen LogP contribution in [0.1, 0.15) is 35.3 Å². The SMILES string of the molecule is CCn1ncc(Br)c1C(NN)c1cc(C)c(Br)c(C)c1. The van der Waals surface area contributed by atoms with Crippen LogP contribution in [0.15, 0.2) is 27.3 Å². The summed E-state index contributed by atoms with van der Waals surface area (Å²) in [6.45, 7) is 7.03. The number of nitrogens with two attached hydrogens (primary N) is 1. The van der Waals surface area contributed by atoms with E-state index in [4.69, 9.17) is 5.84 Å². The van der Waals surface area contributed by atoms with Crippen molar-refractivity contribution in [2.75, 3.05) is 0 Å². The first-order chi connectivity index (χ1) is 9.49. The van der Waals surface area contributed by atoms with Crippen molar-refractivity contribution >= 4 is 31.9 Å². The summed E-state index contributed by atoms with van der Waals surface area (Å²) in [6.07, 6.45) is 1.81. The van der Waals surface area contributed by atoms with Gasteiger partial charge in [0.2, 0.25) is 0 Å². The molecule has 20 heavy (non-hydrogen) atoms. The maximum absolute atomic E-state index is 5.80. The summed E-state index contributed by atoms with van der Waals surface area (Å²) in [5.41, 5.74) is 7.46. The topological polar surface area (TPSA) is 55.9 Å². The largest absolute Gasteiger partial charge is 0.271 e. The molecule has 3 N–H and O–H groups in total. The Hall–Kier alpha value is -0.690. The predicted octanol–water partition coefficient (Wildman–Crippen LogP) is 3.60. The molecule has 0 amide bonds. The van der Waals surface area contributed by atoms with Crippen LogP contribution in [0.5, 0.6) is 0 Å². The molecule has 4 nitrogen and oxygen atoms in total. The van der Waals surface area contributed by atoms with Crippen molar-refractivity contribution in [3.05, 3.63) is 49.7 Å². The molecular weight excluding hydrogens is 384 g/mol. The van der Waals surface area contributed by atoms with Crippen LogP contribution >= 0.6 is 31.9 Å². The molecule has 1 atom stereocenters. The van der Waals surface area contributed by atoms with E-state index in [0.29, 0.717) is 0 Å². The van der Waals surface area contributed by atoms with Gasteiger partial charge in [0.25, 0.3) is 0 Å². The van der Waals surface area contributed by atoms with E-state index in [1.54, 1.807) is 0 Å². The monoisotopic (exact) mass is 400 g/mol. The highest BCUT2D eigenvalue weighted by atomic mass is 79.9. The highest BCUT2D eigenvalue weighted by Crippen LogP contribution is 2.31. The molecular formula is C14H18Br2N4. The molecule has 0 aliphatic heterocycles. The highest BCUT2D eigenvalue weighted by molar-refractivity contribution is 9.10. The first-order valence-corrected chi connectivity index (χ1v) is 8.02. The number of rotatable bonds is 4. The molecule has 1 heterocycles. The molecule has 2 aromatic rings. The molecule has 0 spiro atoms. The Morgan fingerprint density at radius 2 is 1.90 bits per heavy atom. The number of benzene rings is 1. The average molecular weight is 402 g/mol. The van der Waals surface area contributed by atoms with E-state index in [1.165, 1.54) is 11.1 Å². The second kappa shape index (κ2) is 6.39. The van der Waals surface area contributed by atoms with Gasteiger partial charge in [-0.15, -0.1) is 0 Å². The number of aryl methyl sites for hydroxylation is 3. The average Bonchev–Trinajstić information content (AvgIpc) is 2.78. The van der Waals surface area contributed by atoms with E-state index in [2.05, 4.69) is 75.3 Å². The molecule has 2 rings (SSSR count). The molecule has 0 bridgehead atoms. The van der Waals surface area contributed by atoms with E-state index in [1.807, 2.05) is 10.9 Å². The second-order valence-electron chi connectivity index (χ2n) is 4.76. The van der Waals surface area contributed by atoms with Crippen LogP contribution in [-0.4, -0.2) is 9.78 Å². The van der Waals surface area contributed by atoms with Crippen LogP contribution in [0.4, 0.5) is 0 Å². The lowest BCUT2D eigenvalue weighted by Gasteiger charge is -2.20. The molecule has 1 aromatic carbocycles. The van der Waals surface area contributed by atoms with E-state index in [9.17, 15) is 0 Å². The maximum Gasteiger partial charge on any atom is 0.0890 e. The highest BCUT2D eigenvalue weighted by Gasteiger charge is 2.21. The van der Waals surface area contributed by atoms with Gasteiger partial charge < -0.3 is 0 Å². The van der Waals surface area contributed by atoms with Crippen molar-refractivity contribution in [2.45, 2.75) is 33.4 Å². The minimum Gasteiger partial charge on any atom is -0.271 e. The minimum atomic E-state index is -0.0997. The fourth-order valence-corrected chi connectivity index (χ4v) is 3.14. The number of nitrogens with one attached hydrogen (secondary N) is 1. The van der Waals surface area contributed by atoms with Crippen molar-refractivity contribution in [3.63, 3.8) is 0 Å². The van der Waals surface area contributed by atoms with Crippen molar-refractivity contribution in [1.82, 2.24) is 15.2 Å². The lowest BCUT2D eigenvalue weighted by molar-refractivity contribution is 0.541. The Morgan fingerprint density at radius 1 is 1.30 bits per heavy atom. The van der Waals surface area contributed by atoms with Gasteiger partial charge in [-0.1, -0.05) is 28.1 Å². The molecule has 0 fully saturated rings. The number of hydrogen-bond donors (Lipinski definition) is 2. The van der Waals surface area contributed by atoms with Crippen LogP contribution in [-0.2, 0) is 6.54 Å². The van der Waals surface area contributed by atoms with Crippen LogP contribution in [0.25, 0.3) is 0 Å². The van der Waals surface area contributed by atoms with Crippen molar-refractivity contribution in [2.24, 2.45) is 5.84 Å². The maximum atomic E-state index is 5.80. The summed E-state index contributed by atoms with van der Waals surface area (Å²) in [7, 11) is 0. The third kappa shape index (κ3) is 2.83. The smallest absolute Gasteiger partial charge is 0.0890 e. The van der Waals surface area contributed by atoms with Crippen LogP contribution < -0.4 is 11.3 Å². The lowest BCUT2D eigenvalue weighted by Crippen LogP contribution is -2.31. The first-order valence-electron chi connectivity index (χ1n) is 6.43. The second-order valence-corrected chi connectivity index (χ2v) is 6.41. The van der Waals surface area contributed by atoms with Gasteiger partial charge in [0, 0.05) is 11.0 Å². The Bertz CT molecular complexity index is 599. The first kappa shape index (κ1) is 15.7. The molecule has 108 valence electrons. The summed E-state index contributed by atoms with van der Waals surface area (Å²) >= 11 is 7.16. The number of hydrogen-bond acceptors (Lipinski definition) is 3. The lowest BCUT2D eigenvalue weighted by atomic mass is 9.99. The van der Waals surface area contributed by atoms with Crippen molar-refractivity contribution in [1.29, 1.82) is 0 Å². The molecule has 0 radical (unpaired) electrons. The van der Waals surface area contributed by atoms with Gasteiger partial charge in [-0.2, -0.15) is 5.10 Å². The third-order valence-corrected chi connectivity index (χ3v) is 5.23. The minimum absolute atomic E-state index is 0.0997. The zero-order valence-corrected chi connectivity index (χ0v) is 14.9. The molecule has 0 saturated carbocycles. The standard InChI is InChI=1S/C14H18Br2N4/c1-4-20-14(11(15)7-18-20)13(19-17)10-5-8(2)12(16)9(3)6-10/h5-7,13,19H,4,17H2,1-3H3. The summed E-state index contributed by atoms with van der Waals surface area (Å²) in [4.78, 5) is 0. The van der Waals surface area contributed by atoms with Crippen LogP contribution in [0.3, 0.4) is 0 Å². The van der Waals surface area contributed by atoms with E-state index < -0.39 is 0 Å². The zero-order chi connectivity index (χ0) is 14.9. The summed E-state index contributed by atoms with van der Waals surface area (Å²) in [5, 5.41) is 4.36. The Balaban J connectivity index is 2.55. The molecule has 1 aromatic heterocycles. The zero-order valence-electron chi connectivity index (χ0n) is 11.7. The Kier molecular flexibility index (Phi) is 5.01. The van der Waals surface area contributed by atoms with Crippen LogP contribution in [0, 0.1) is 13.8 Å². The summed E-state index contributed by atoms with van der Waals surface area (Å²) in [6, 6.07) is 4.18. The normalized spacial score (nSPS) is 12.7. The molecule has 1 unspecified atom stereocenters. The van der Waals surface area contributed by atoms with Gasteiger partial charge in [-0.25, -0.2) is 5.43 Å². The van der Waals surface area contributed by atoms with Gasteiger partial charge in [-0.3, -0.25) is 10.5 Å². The number of aromatic nitrogens is 2. The number of halogens is 2. The number of hydrazine groups is 1. The quantitative estimate of drug-likeness (QED) is 0.607. The number of nitrogens with zero attached hydrogens (tertiary/aromatic N) is 2. The van der Waals surface area contributed by atoms with Gasteiger partial charge >= 0.3 is 0 Å². The third-order valence-electron chi connectivity index (χ3n) is 3.36. The molecule has 6 heteroatoms. The molecule has 0 aliphatic carbocycles. The Morgan fingerprint density at radius 3 is 2.40 bits per heavy atom. The van der Waals surface area contributed by atoms with Crippen LogP contribution in [0.2, 0.25) is 0 Å². The van der Waals surface area contributed by atoms with E-state index in [0.717, 1.165) is 26.7 Å². The van der Waals surface area contributed by atoms with E-state index >= 15 is 0 Å². The van der Waals surface area contributed by atoms with Gasteiger partial charge in [0.05, 0.1) is 22.4 Å². The fourth-order valence-electron chi connectivity index (χ4n) is 2.39. The van der Waals surface area contributed by atoms with Gasteiger partial charge in [0.1, 0.15) is 0 Å². The fraction of sp³-hybridized carbons (Fsp3) is 0.357. The molecule has 0 saturated heterocycles. The van der Waals surface area contributed by atoms with E-state index in [-0.39, 0.29) is 6.04 Å². The Labute approximate surface area is 136 Å². The summed E-state index contributed by atoms with van der Waals surface area (Å²) < 4.78 is 4.04.